The van der Waals surface area contributed by atoms with Gasteiger partial charge >= 0.3 is 0 Å². The highest BCUT2D eigenvalue weighted by Crippen LogP contribution is 2.27. The van der Waals surface area contributed by atoms with Crippen molar-refractivity contribution in [3.05, 3.63) is 47.5 Å². The first-order chi connectivity index (χ1) is 12.7. The normalized spacial score (nSPS) is 9.27. The molecule has 0 aliphatic heterocycles. The minimum absolute atomic E-state index is 0.202. The average molecular weight is 344 g/mol. The monoisotopic (exact) mass is 344 g/mol. The van der Waals surface area contributed by atoms with Crippen LogP contribution in [-0.4, -0.2) is 6.08 Å². The van der Waals surface area contributed by atoms with Crippen LogP contribution in [0, 0.1) is 34.6 Å². The predicted molar refractivity (Wildman–Crippen MR) is 88.3 cm³/mol. The molecule has 0 spiro atoms. The zero-order chi connectivity index (χ0) is 18.8. The van der Waals surface area contributed by atoms with E-state index in [-0.39, 0.29) is 22.9 Å². The maximum absolute atomic E-state index is 10.4. The van der Waals surface area contributed by atoms with Crippen molar-refractivity contribution in [1.29, 1.82) is 15.8 Å². The Labute approximate surface area is 148 Å². The van der Waals surface area contributed by atoms with Crippen molar-refractivity contribution >= 4 is 23.9 Å². The number of benzene rings is 2. The fourth-order valence-electron chi connectivity index (χ4n) is 2.04. The number of hydrogen-bond donors (Lipinski definition) is 0. The summed E-state index contributed by atoms with van der Waals surface area (Å²) in [6, 6.07) is 9.06. The molecular formula is C18H8N4O4. The minimum atomic E-state index is 0.202. The molecule has 2 aromatic rings. The van der Waals surface area contributed by atoms with E-state index in [4.69, 9.17) is 30.0 Å². The third-order valence-corrected chi connectivity index (χ3v) is 2.95. The van der Waals surface area contributed by atoms with Crippen LogP contribution in [-0.2, 0) is 4.79 Å². The molecule has 8 heteroatoms. The Bertz CT molecular complexity index is 985. The number of carbonyl (C=O) groups excluding carboxylic acids is 1. The lowest BCUT2D eigenvalue weighted by atomic mass is 10.1. The molecule has 2 aromatic carbocycles. The highest BCUT2D eigenvalue weighted by atomic mass is 16.5. The summed E-state index contributed by atoms with van der Waals surface area (Å²) >= 11 is 0. The Kier molecular flexibility index (Phi) is 6.09. The zero-order valence-electron chi connectivity index (χ0n) is 13.0. The summed E-state index contributed by atoms with van der Waals surface area (Å²) in [6.07, 6.45) is 9.33. The van der Waals surface area contributed by atoms with Crippen LogP contribution in [0.4, 0.5) is 5.69 Å². The number of nitrogens with zero attached hydrogens (tertiary/aromatic N) is 4. The molecule has 0 radical (unpaired) electrons. The lowest BCUT2D eigenvalue weighted by Crippen LogP contribution is -1.87. The molecule has 0 aromatic heterocycles. The smallest absolute Gasteiger partial charge is 0.292 e. The zero-order valence-corrected chi connectivity index (χ0v) is 13.0. The molecule has 2 rings (SSSR count). The first-order valence-electron chi connectivity index (χ1n) is 6.92. The Morgan fingerprint density at radius 1 is 0.731 bits per heavy atom. The highest BCUT2D eigenvalue weighted by molar-refractivity contribution is 5.73. The van der Waals surface area contributed by atoms with Crippen LogP contribution in [0.5, 0.6) is 17.2 Å². The summed E-state index contributed by atoms with van der Waals surface area (Å²) in [6.45, 7) is 0. The van der Waals surface area contributed by atoms with Gasteiger partial charge in [0, 0.05) is 12.1 Å². The summed E-state index contributed by atoms with van der Waals surface area (Å²) in [7, 11) is 0. The van der Waals surface area contributed by atoms with E-state index >= 15 is 0 Å². The summed E-state index contributed by atoms with van der Waals surface area (Å²) < 4.78 is 14.3. The van der Waals surface area contributed by atoms with Crippen molar-refractivity contribution in [2.45, 2.75) is 0 Å². The van der Waals surface area contributed by atoms with Gasteiger partial charge in [-0.3, -0.25) is 0 Å². The number of isocyanates is 1. The van der Waals surface area contributed by atoms with Gasteiger partial charge in [0.1, 0.15) is 17.2 Å². The summed E-state index contributed by atoms with van der Waals surface area (Å²) in [4.78, 5) is 13.9. The third kappa shape index (κ3) is 4.97. The molecule has 0 amide bonds. The van der Waals surface area contributed by atoms with Crippen LogP contribution in [0.25, 0.3) is 12.2 Å². The van der Waals surface area contributed by atoms with E-state index in [0.717, 1.165) is 0 Å². The van der Waals surface area contributed by atoms with Crippen molar-refractivity contribution in [3.63, 3.8) is 0 Å². The van der Waals surface area contributed by atoms with Gasteiger partial charge in [0.15, 0.2) is 0 Å². The van der Waals surface area contributed by atoms with E-state index < -0.39 is 0 Å². The van der Waals surface area contributed by atoms with E-state index in [9.17, 15) is 4.79 Å². The molecule has 0 heterocycles. The topological polar surface area (TPSA) is 128 Å². The molecule has 0 saturated carbocycles. The predicted octanol–water partition coefficient (Wildman–Crippen LogP) is 3.40. The van der Waals surface area contributed by atoms with Crippen molar-refractivity contribution < 1.29 is 19.0 Å². The number of aliphatic imine (C=N–C) groups is 1. The first kappa shape index (κ1) is 17.8. The molecular weight excluding hydrogens is 336 g/mol. The quantitative estimate of drug-likeness (QED) is 0.340. The number of rotatable bonds is 6. The van der Waals surface area contributed by atoms with Crippen LogP contribution in [0.1, 0.15) is 11.1 Å². The Morgan fingerprint density at radius 2 is 1.19 bits per heavy atom. The van der Waals surface area contributed by atoms with Gasteiger partial charge in [-0.15, -0.1) is 15.8 Å². The van der Waals surface area contributed by atoms with Crippen LogP contribution >= 0.6 is 0 Å². The molecule has 0 aliphatic rings. The van der Waals surface area contributed by atoms with E-state index in [1.165, 1.54) is 37.0 Å². The number of nitriles is 3. The maximum Gasteiger partial charge on any atom is 0.292 e. The van der Waals surface area contributed by atoms with Gasteiger partial charge in [0.05, 0.1) is 5.69 Å². The summed E-state index contributed by atoms with van der Waals surface area (Å²) in [5, 5.41) is 25.9. The third-order valence-electron chi connectivity index (χ3n) is 2.95. The van der Waals surface area contributed by atoms with Gasteiger partial charge in [-0.05, 0) is 35.4 Å². The minimum Gasteiger partial charge on any atom is -0.388 e. The van der Waals surface area contributed by atoms with Crippen LogP contribution in [0.3, 0.4) is 0 Å². The number of hydrogen-bond acceptors (Lipinski definition) is 8. The van der Waals surface area contributed by atoms with Crippen molar-refractivity contribution in [3.8, 4) is 36.0 Å². The average Bonchev–Trinajstić information content (AvgIpc) is 2.61. The van der Waals surface area contributed by atoms with Gasteiger partial charge in [-0.2, -0.15) is 4.99 Å². The first-order valence-corrected chi connectivity index (χ1v) is 6.92. The lowest BCUT2D eigenvalue weighted by molar-refractivity contribution is 0.483. The summed E-state index contributed by atoms with van der Waals surface area (Å²) in [5.41, 5.74) is 1.43. The second-order valence-corrected chi connectivity index (χ2v) is 4.61. The van der Waals surface area contributed by atoms with E-state index in [1.54, 1.807) is 36.4 Å². The Hall–Kier alpha value is -4.57. The fourth-order valence-corrected chi connectivity index (χ4v) is 2.04. The van der Waals surface area contributed by atoms with Gasteiger partial charge in [-0.1, -0.05) is 12.2 Å². The largest absolute Gasteiger partial charge is 0.388 e. The van der Waals surface area contributed by atoms with Gasteiger partial charge in [0.25, 0.3) is 18.8 Å². The molecule has 124 valence electrons. The van der Waals surface area contributed by atoms with E-state index in [0.29, 0.717) is 11.1 Å². The standard InChI is InChI=1S/C18H8N4O4/c19-9-24-16-4-13(3-15(7-16)22-12-23)1-2-14-5-17(25-10-20)8-18(6-14)26-11-21/h1-8H. The van der Waals surface area contributed by atoms with Crippen molar-refractivity contribution in [2.24, 2.45) is 4.99 Å². The molecule has 0 N–H and O–H groups in total. The van der Waals surface area contributed by atoms with Gasteiger partial charge in [0.2, 0.25) is 6.08 Å². The van der Waals surface area contributed by atoms with E-state index in [2.05, 4.69) is 4.99 Å². The Balaban J connectivity index is 2.40. The Morgan fingerprint density at radius 3 is 1.65 bits per heavy atom. The maximum atomic E-state index is 10.4. The van der Waals surface area contributed by atoms with Crippen LogP contribution < -0.4 is 14.2 Å². The molecule has 8 nitrogen and oxygen atoms in total. The van der Waals surface area contributed by atoms with Crippen LogP contribution in [0.2, 0.25) is 0 Å². The molecule has 0 aliphatic carbocycles. The molecule has 0 unspecified atom stereocenters. The lowest BCUT2D eigenvalue weighted by Gasteiger charge is -2.03. The molecule has 0 fully saturated rings. The fraction of sp³-hybridized carbons (Fsp3) is 0. The van der Waals surface area contributed by atoms with Crippen molar-refractivity contribution in [1.82, 2.24) is 0 Å². The van der Waals surface area contributed by atoms with Crippen molar-refractivity contribution in [2.75, 3.05) is 0 Å². The molecule has 0 saturated heterocycles. The summed E-state index contributed by atoms with van der Waals surface area (Å²) in [5.74, 6) is 0.610. The van der Waals surface area contributed by atoms with E-state index in [1.807, 2.05) is 0 Å². The second-order valence-electron chi connectivity index (χ2n) is 4.61. The molecule has 26 heavy (non-hydrogen) atoms. The van der Waals surface area contributed by atoms with Gasteiger partial charge in [-0.25, -0.2) is 4.79 Å². The molecule has 0 bridgehead atoms. The SMILES string of the molecule is N#COc1cc(C=Cc2cc(OC#N)cc(OC#N)c2)cc(N=C=O)c1. The van der Waals surface area contributed by atoms with Crippen LogP contribution in [0.15, 0.2) is 41.4 Å². The molecule has 0 atom stereocenters. The number of ether oxygens (including phenoxy) is 3. The second kappa shape index (κ2) is 8.90. The van der Waals surface area contributed by atoms with Gasteiger partial charge < -0.3 is 14.2 Å². The highest BCUT2D eigenvalue weighted by Gasteiger charge is 2.04.